The first-order valence-corrected chi connectivity index (χ1v) is 8.80. The van der Waals surface area contributed by atoms with Crippen LogP contribution in [0.4, 0.5) is 0 Å². The molecule has 1 atom stereocenters. The number of nitrogens with zero attached hydrogens (tertiary/aromatic N) is 3. The zero-order valence-electron chi connectivity index (χ0n) is 15.0. The second-order valence-corrected chi connectivity index (χ2v) is 7.66. The fraction of sp³-hybridized carbons (Fsp3) is 0.450. The van der Waals surface area contributed by atoms with Gasteiger partial charge in [0.15, 0.2) is 5.90 Å². The topological polar surface area (TPSA) is 54.8 Å². The molecule has 5 nitrogen and oxygen atoms in total. The van der Waals surface area contributed by atoms with Crippen molar-refractivity contribution in [1.82, 2.24) is 9.88 Å². The molecule has 1 amide bonds. The Bertz CT molecular complexity index is 828. The van der Waals surface area contributed by atoms with Crippen molar-refractivity contribution in [1.29, 1.82) is 0 Å². The Kier molecular flexibility index (Phi) is 3.74. The third kappa shape index (κ3) is 3.23. The minimum atomic E-state index is -0.166. The number of amides is 1. The number of carbonyl (C=O) groups is 1. The summed E-state index contributed by atoms with van der Waals surface area (Å²) in [7, 11) is 0. The summed E-state index contributed by atoms with van der Waals surface area (Å²) in [6.07, 6.45) is 1.19. The minimum Gasteiger partial charge on any atom is -0.477 e. The second kappa shape index (κ2) is 5.83. The maximum atomic E-state index is 12.7. The number of para-hydroxylation sites is 1. The van der Waals surface area contributed by atoms with Gasteiger partial charge in [-0.25, -0.2) is 4.99 Å². The van der Waals surface area contributed by atoms with Crippen molar-refractivity contribution in [2.24, 2.45) is 4.99 Å². The van der Waals surface area contributed by atoms with Crippen molar-refractivity contribution in [3.63, 3.8) is 0 Å². The van der Waals surface area contributed by atoms with E-state index in [0.717, 1.165) is 28.6 Å². The van der Waals surface area contributed by atoms with Gasteiger partial charge < -0.3 is 9.64 Å². The number of aromatic nitrogens is 1. The summed E-state index contributed by atoms with van der Waals surface area (Å²) >= 11 is 0. The molecule has 0 fully saturated rings. The highest BCUT2D eigenvalue weighted by atomic mass is 16.5. The first-order valence-electron chi connectivity index (χ1n) is 8.80. The number of fused-ring (bicyclic) bond motifs is 2. The van der Waals surface area contributed by atoms with Gasteiger partial charge in [-0.05, 0) is 38.5 Å². The van der Waals surface area contributed by atoms with Crippen molar-refractivity contribution < 1.29 is 9.53 Å². The number of benzene rings is 1. The van der Waals surface area contributed by atoms with E-state index in [-0.39, 0.29) is 24.0 Å². The molecule has 130 valence electrons. The molecule has 2 aromatic rings. The Morgan fingerprint density at radius 3 is 2.92 bits per heavy atom. The highest BCUT2D eigenvalue weighted by Gasteiger charge is 2.31. The molecule has 1 unspecified atom stereocenters. The minimum absolute atomic E-state index is 0.0470. The first kappa shape index (κ1) is 16.1. The molecule has 2 aliphatic heterocycles. The molecule has 5 heteroatoms. The van der Waals surface area contributed by atoms with Gasteiger partial charge in [0.25, 0.3) is 0 Å². The van der Waals surface area contributed by atoms with Crippen molar-refractivity contribution in [3.05, 3.63) is 41.6 Å². The van der Waals surface area contributed by atoms with Crippen LogP contribution in [0.25, 0.3) is 10.9 Å². The van der Waals surface area contributed by atoms with Gasteiger partial charge in [-0.15, -0.1) is 0 Å². The van der Waals surface area contributed by atoms with E-state index in [1.54, 1.807) is 0 Å². The molecule has 3 heterocycles. The fourth-order valence-electron chi connectivity index (χ4n) is 3.80. The van der Waals surface area contributed by atoms with Crippen LogP contribution in [0.2, 0.25) is 0 Å². The summed E-state index contributed by atoms with van der Waals surface area (Å²) in [5.74, 6) is 0.605. The van der Waals surface area contributed by atoms with Crippen molar-refractivity contribution in [2.75, 3.05) is 0 Å². The zero-order valence-corrected chi connectivity index (χ0v) is 15.0. The van der Waals surface area contributed by atoms with Gasteiger partial charge >= 0.3 is 0 Å². The van der Waals surface area contributed by atoms with E-state index >= 15 is 0 Å². The molecule has 1 aromatic carbocycles. The average Bonchev–Trinajstić information content (AvgIpc) is 2.93. The lowest BCUT2D eigenvalue weighted by Crippen LogP contribution is -2.36. The van der Waals surface area contributed by atoms with Crippen molar-refractivity contribution in [2.45, 2.75) is 58.3 Å². The standard InChI is InChI=1S/C20H23N3O2/c1-13-10-20(2,3)22-18(25-13)9-19(24)23-11-15-8-14-6-4-5-7-16(14)21-17(15)12-23/h4-8,13H,9-12H2,1-3H3. The quantitative estimate of drug-likeness (QED) is 0.843. The van der Waals surface area contributed by atoms with E-state index in [4.69, 9.17) is 9.72 Å². The summed E-state index contributed by atoms with van der Waals surface area (Å²) in [4.78, 5) is 23.9. The summed E-state index contributed by atoms with van der Waals surface area (Å²) < 4.78 is 5.78. The number of pyridine rings is 1. The SMILES string of the molecule is CC1CC(C)(C)N=C(CC(=O)N2Cc3cc4ccccc4nc3C2)O1. The molecule has 4 rings (SSSR count). The molecule has 25 heavy (non-hydrogen) atoms. The smallest absolute Gasteiger partial charge is 0.232 e. The van der Waals surface area contributed by atoms with E-state index < -0.39 is 0 Å². The van der Waals surface area contributed by atoms with Gasteiger partial charge in [0.1, 0.15) is 6.42 Å². The van der Waals surface area contributed by atoms with Crippen molar-refractivity contribution in [3.8, 4) is 0 Å². The normalized spacial score (nSPS) is 21.6. The molecule has 2 aliphatic rings. The number of hydrogen-bond acceptors (Lipinski definition) is 4. The third-order valence-corrected chi connectivity index (χ3v) is 4.80. The van der Waals surface area contributed by atoms with E-state index in [1.165, 1.54) is 0 Å². The highest BCUT2D eigenvalue weighted by Crippen LogP contribution is 2.28. The Labute approximate surface area is 147 Å². The van der Waals surface area contributed by atoms with Gasteiger partial charge in [-0.2, -0.15) is 0 Å². The van der Waals surface area contributed by atoms with E-state index in [2.05, 4.69) is 31.0 Å². The average molecular weight is 337 g/mol. The molecule has 0 saturated carbocycles. The Balaban J connectivity index is 1.50. The molecule has 1 aromatic heterocycles. The van der Waals surface area contributed by atoms with Crippen LogP contribution in [-0.2, 0) is 22.6 Å². The summed E-state index contributed by atoms with van der Waals surface area (Å²) in [6, 6.07) is 10.2. The Morgan fingerprint density at radius 2 is 2.12 bits per heavy atom. The molecule has 0 radical (unpaired) electrons. The van der Waals surface area contributed by atoms with Crippen molar-refractivity contribution >= 4 is 22.7 Å². The number of hydrogen-bond donors (Lipinski definition) is 0. The van der Waals surface area contributed by atoms with Gasteiger partial charge in [0.05, 0.1) is 29.4 Å². The molecular weight excluding hydrogens is 314 g/mol. The van der Waals surface area contributed by atoms with Crippen LogP contribution in [0.15, 0.2) is 35.3 Å². The summed E-state index contributed by atoms with van der Waals surface area (Å²) in [5.41, 5.74) is 2.94. The number of rotatable bonds is 2. The zero-order chi connectivity index (χ0) is 17.6. The van der Waals surface area contributed by atoms with Gasteiger partial charge in [0.2, 0.25) is 5.91 Å². The predicted octanol–water partition coefficient (Wildman–Crippen LogP) is 3.45. The van der Waals surface area contributed by atoms with Gasteiger partial charge in [0, 0.05) is 18.4 Å². The van der Waals surface area contributed by atoms with Crippen LogP contribution in [0.1, 0.15) is 44.9 Å². The molecular formula is C20H23N3O2. The van der Waals surface area contributed by atoms with E-state index in [0.29, 0.717) is 19.0 Å². The first-order chi connectivity index (χ1) is 11.9. The molecule has 0 spiro atoms. The lowest BCUT2D eigenvalue weighted by atomic mass is 9.97. The van der Waals surface area contributed by atoms with Crippen LogP contribution in [0, 0.1) is 0 Å². The molecule has 0 N–H and O–H groups in total. The van der Waals surface area contributed by atoms with Crippen LogP contribution in [0.5, 0.6) is 0 Å². The van der Waals surface area contributed by atoms with Gasteiger partial charge in [-0.3, -0.25) is 9.78 Å². The monoisotopic (exact) mass is 337 g/mol. The largest absolute Gasteiger partial charge is 0.477 e. The maximum absolute atomic E-state index is 12.7. The van der Waals surface area contributed by atoms with Gasteiger partial charge in [-0.1, -0.05) is 18.2 Å². The maximum Gasteiger partial charge on any atom is 0.232 e. The summed E-state index contributed by atoms with van der Waals surface area (Å²) in [5, 5.41) is 1.12. The third-order valence-electron chi connectivity index (χ3n) is 4.80. The lowest BCUT2D eigenvalue weighted by molar-refractivity contribution is -0.130. The van der Waals surface area contributed by atoms with Crippen LogP contribution >= 0.6 is 0 Å². The number of carbonyl (C=O) groups excluding carboxylic acids is 1. The predicted molar refractivity (Wildman–Crippen MR) is 97.3 cm³/mol. The fourth-order valence-corrected chi connectivity index (χ4v) is 3.80. The van der Waals surface area contributed by atoms with E-state index in [9.17, 15) is 4.79 Å². The van der Waals surface area contributed by atoms with Crippen LogP contribution in [0.3, 0.4) is 0 Å². The Morgan fingerprint density at radius 1 is 1.32 bits per heavy atom. The van der Waals surface area contributed by atoms with E-state index in [1.807, 2.05) is 30.0 Å². The molecule has 0 aliphatic carbocycles. The van der Waals surface area contributed by atoms with Crippen LogP contribution in [-0.4, -0.2) is 33.3 Å². The number of ether oxygens (including phenoxy) is 1. The highest BCUT2D eigenvalue weighted by molar-refractivity contribution is 5.97. The van der Waals surface area contributed by atoms with Crippen LogP contribution < -0.4 is 0 Å². The summed E-state index contributed by atoms with van der Waals surface area (Å²) in [6.45, 7) is 7.36. The lowest BCUT2D eigenvalue weighted by Gasteiger charge is -2.31. The second-order valence-electron chi connectivity index (χ2n) is 7.66. The molecule has 0 bridgehead atoms. The number of aliphatic imine (C=N–C) groups is 1. The molecule has 0 saturated heterocycles. The Hall–Kier alpha value is -2.43.